The minimum Gasteiger partial charge on any atom is -0.477 e. The highest BCUT2D eigenvalue weighted by molar-refractivity contribution is 5.87. The summed E-state index contributed by atoms with van der Waals surface area (Å²) in [6, 6.07) is 4.84. The molecule has 2 unspecified atom stereocenters. The summed E-state index contributed by atoms with van der Waals surface area (Å²) in [7, 11) is 0. The number of carboxylic acids is 1. The molecule has 2 aliphatic carbocycles. The second kappa shape index (κ2) is 10.2. The van der Waals surface area contributed by atoms with Gasteiger partial charge in [0.2, 0.25) is 0 Å². The summed E-state index contributed by atoms with van der Waals surface area (Å²) in [5, 5.41) is 9.22. The van der Waals surface area contributed by atoms with Crippen LogP contribution in [0.15, 0.2) is 64.6 Å². The molecule has 2 atom stereocenters. The van der Waals surface area contributed by atoms with Gasteiger partial charge in [0.05, 0.1) is 16.6 Å². The smallest absolute Gasteiger partial charge is 0.416 e. The average molecular weight is 567 g/mol. The molecule has 41 heavy (non-hydrogen) atoms. The summed E-state index contributed by atoms with van der Waals surface area (Å²) in [6.07, 6.45) is 4.78. The summed E-state index contributed by atoms with van der Waals surface area (Å²) in [4.78, 5) is 25.9. The number of hydrogen-bond donors (Lipinski definition) is 3. The fourth-order valence-electron chi connectivity index (χ4n) is 5.49. The Bertz CT molecular complexity index is 1700. The van der Waals surface area contributed by atoms with Crippen LogP contribution in [0.5, 0.6) is 0 Å². The number of carbonyl (C=O) groups is 1. The Kier molecular flexibility index (Phi) is 6.67. The van der Waals surface area contributed by atoms with Gasteiger partial charge in [-0.15, -0.1) is 0 Å². The number of nitrogens with one attached hydrogen (secondary N) is 2. The van der Waals surface area contributed by atoms with Crippen LogP contribution in [0.2, 0.25) is 0 Å². The highest BCUT2D eigenvalue weighted by atomic mass is 19.4. The molecule has 2 aromatic heterocycles. The minimum atomic E-state index is -4.48. The number of aromatic carboxylic acids is 1. The van der Waals surface area contributed by atoms with Crippen LogP contribution in [0.1, 0.15) is 65.7 Å². The number of aromatic amines is 2. The van der Waals surface area contributed by atoms with Crippen LogP contribution in [0, 0.1) is 5.92 Å². The Morgan fingerprint density at radius 2 is 1.93 bits per heavy atom. The number of H-pyrrole nitrogens is 2. The van der Waals surface area contributed by atoms with Gasteiger partial charge in [-0.1, -0.05) is 6.92 Å². The van der Waals surface area contributed by atoms with Crippen LogP contribution in [0.4, 0.5) is 17.6 Å². The number of ether oxygens (including phenoxy) is 1. The van der Waals surface area contributed by atoms with Crippen molar-refractivity contribution in [3.8, 4) is 0 Å². The number of aromatic nitrogens is 3. The van der Waals surface area contributed by atoms with Crippen molar-refractivity contribution in [2.45, 2.75) is 51.3 Å². The number of aliphatic imine (C=N–C) groups is 1. The quantitative estimate of drug-likeness (QED) is 0.287. The molecule has 3 heterocycles. The zero-order valence-electron chi connectivity index (χ0n) is 22.0. The molecule has 0 saturated heterocycles. The number of allylic oxidation sites excluding steroid dienone is 5. The lowest BCUT2D eigenvalue weighted by atomic mass is 9.88. The number of carboxylic acid groups (broad SMARTS) is 1. The van der Waals surface area contributed by atoms with Crippen molar-refractivity contribution in [2.24, 2.45) is 10.9 Å². The van der Waals surface area contributed by atoms with E-state index in [1.807, 2.05) is 12.2 Å². The minimum absolute atomic E-state index is 0.134. The summed E-state index contributed by atoms with van der Waals surface area (Å²) < 4.78 is 60.7. The number of imidazole rings is 1. The van der Waals surface area contributed by atoms with E-state index < -0.39 is 23.5 Å². The first-order valence-electron chi connectivity index (χ1n) is 13.3. The average Bonchev–Trinajstić information content (AvgIpc) is 3.49. The molecule has 0 bridgehead atoms. The molecule has 0 saturated carbocycles. The molecular weight excluding hydrogens is 540 g/mol. The monoisotopic (exact) mass is 566 g/mol. The van der Waals surface area contributed by atoms with Gasteiger partial charge >= 0.3 is 12.1 Å². The molecular formula is C30H26F4N4O3. The first-order valence-corrected chi connectivity index (χ1v) is 13.3. The number of alkyl halides is 3. The SMILES string of the molecule is CC1CC(C2=CC(F)=C(c3nc4ccc(C(F)(F)F)cc4[nH]3)CC2)=CN=C(OC2C=Cc3[nH]c(C(=O)O)cc3C2)C1. The van der Waals surface area contributed by atoms with E-state index in [0.29, 0.717) is 49.1 Å². The molecule has 212 valence electrons. The molecule has 1 aromatic carbocycles. The molecule has 3 aromatic rings. The maximum atomic E-state index is 15.3. The van der Waals surface area contributed by atoms with Crippen molar-refractivity contribution in [3.63, 3.8) is 0 Å². The second-order valence-corrected chi connectivity index (χ2v) is 10.6. The van der Waals surface area contributed by atoms with Crippen LogP contribution >= 0.6 is 0 Å². The Hall–Kier alpha value is -4.41. The maximum absolute atomic E-state index is 15.3. The highest BCUT2D eigenvalue weighted by Crippen LogP contribution is 2.38. The van der Waals surface area contributed by atoms with Gasteiger partial charge in [-0.25, -0.2) is 19.2 Å². The molecule has 7 nitrogen and oxygen atoms in total. The van der Waals surface area contributed by atoms with Crippen molar-refractivity contribution in [1.29, 1.82) is 0 Å². The van der Waals surface area contributed by atoms with Gasteiger partial charge in [-0.05, 0) is 84.4 Å². The summed E-state index contributed by atoms with van der Waals surface area (Å²) >= 11 is 0. The highest BCUT2D eigenvalue weighted by Gasteiger charge is 2.31. The molecule has 3 N–H and O–H groups in total. The lowest BCUT2D eigenvalue weighted by Crippen LogP contribution is -2.21. The van der Waals surface area contributed by atoms with E-state index >= 15 is 4.39 Å². The number of halogens is 4. The fraction of sp³-hybridized carbons (Fsp3) is 0.300. The molecule has 1 aliphatic heterocycles. The zero-order chi connectivity index (χ0) is 28.9. The van der Waals surface area contributed by atoms with Crippen LogP contribution < -0.4 is 0 Å². The summed E-state index contributed by atoms with van der Waals surface area (Å²) in [6.45, 7) is 2.07. The van der Waals surface area contributed by atoms with Crippen LogP contribution in [0.25, 0.3) is 22.7 Å². The number of fused-ring (bicyclic) bond motifs is 2. The largest absolute Gasteiger partial charge is 0.477 e. The Morgan fingerprint density at radius 1 is 1.10 bits per heavy atom. The van der Waals surface area contributed by atoms with Crippen molar-refractivity contribution in [1.82, 2.24) is 15.0 Å². The zero-order valence-corrected chi connectivity index (χ0v) is 22.0. The summed E-state index contributed by atoms with van der Waals surface area (Å²) in [5.74, 6) is -0.518. The lowest BCUT2D eigenvalue weighted by Gasteiger charge is -2.21. The molecule has 0 spiro atoms. The molecule has 0 radical (unpaired) electrons. The van der Waals surface area contributed by atoms with E-state index in [0.717, 1.165) is 34.5 Å². The first-order chi connectivity index (χ1) is 19.5. The number of benzene rings is 1. The number of hydrogen-bond acceptors (Lipinski definition) is 4. The van der Waals surface area contributed by atoms with E-state index in [2.05, 4.69) is 26.9 Å². The molecule has 6 rings (SSSR count). The summed E-state index contributed by atoms with van der Waals surface area (Å²) in [5.41, 5.74) is 3.55. The van der Waals surface area contributed by atoms with E-state index in [9.17, 15) is 23.1 Å². The van der Waals surface area contributed by atoms with E-state index in [1.54, 1.807) is 12.3 Å². The van der Waals surface area contributed by atoms with Gasteiger partial charge in [-0.2, -0.15) is 13.2 Å². The topological polar surface area (TPSA) is 103 Å². The van der Waals surface area contributed by atoms with E-state index in [4.69, 9.17) is 4.74 Å². The third-order valence-electron chi connectivity index (χ3n) is 7.55. The van der Waals surface area contributed by atoms with E-state index in [1.165, 1.54) is 12.1 Å². The van der Waals surface area contributed by atoms with Crippen molar-refractivity contribution in [3.05, 3.63) is 87.9 Å². The van der Waals surface area contributed by atoms with Gasteiger partial charge in [0.15, 0.2) is 5.90 Å². The Morgan fingerprint density at radius 3 is 2.68 bits per heavy atom. The van der Waals surface area contributed by atoms with Gasteiger partial charge in [0.1, 0.15) is 23.4 Å². The Balaban J connectivity index is 1.20. The van der Waals surface area contributed by atoms with Crippen LogP contribution in [-0.2, 0) is 17.3 Å². The molecule has 11 heteroatoms. The van der Waals surface area contributed by atoms with Crippen molar-refractivity contribution >= 4 is 34.5 Å². The van der Waals surface area contributed by atoms with Gasteiger partial charge in [0, 0.05) is 30.3 Å². The lowest BCUT2D eigenvalue weighted by molar-refractivity contribution is -0.137. The van der Waals surface area contributed by atoms with Gasteiger partial charge in [0.25, 0.3) is 0 Å². The third-order valence-corrected chi connectivity index (χ3v) is 7.55. The number of rotatable bonds is 4. The van der Waals surface area contributed by atoms with E-state index in [-0.39, 0.29) is 29.1 Å². The fourth-order valence-corrected chi connectivity index (χ4v) is 5.49. The van der Waals surface area contributed by atoms with Crippen molar-refractivity contribution < 1.29 is 32.2 Å². The maximum Gasteiger partial charge on any atom is 0.416 e. The molecule has 0 fully saturated rings. The predicted octanol–water partition coefficient (Wildman–Crippen LogP) is 7.38. The first kappa shape index (κ1) is 26.8. The standard InChI is InChI=1S/C30H26F4N4O3/c1-15-8-18(14-35-27(9-15)41-20-4-7-23-17(10-20)12-26(36-23)29(39)40)16-2-5-21(22(31)11-16)28-37-24-6-3-19(30(32,33)34)13-25(24)38-28/h3-4,6-7,11-15,20,36H,2,5,8-10H2,1H3,(H,37,38)(H,39,40). The Labute approximate surface area is 232 Å². The van der Waals surface area contributed by atoms with Crippen LogP contribution in [-0.4, -0.2) is 38.0 Å². The molecule has 0 amide bonds. The van der Waals surface area contributed by atoms with Crippen LogP contribution in [0.3, 0.4) is 0 Å². The number of nitrogens with zero attached hydrogens (tertiary/aromatic N) is 2. The molecule has 3 aliphatic rings. The van der Waals surface area contributed by atoms with Gasteiger partial charge < -0.3 is 19.8 Å². The second-order valence-electron chi connectivity index (χ2n) is 10.6. The third kappa shape index (κ3) is 5.48. The normalized spacial score (nSPS) is 21.2. The van der Waals surface area contributed by atoms with Gasteiger partial charge in [-0.3, -0.25) is 0 Å². The van der Waals surface area contributed by atoms with Crippen molar-refractivity contribution in [2.75, 3.05) is 0 Å². The predicted molar refractivity (Wildman–Crippen MR) is 146 cm³/mol.